The van der Waals surface area contributed by atoms with Gasteiger partial charge >= 0.3 is 12.0 Å². The molecule has 2 unspecified atom stereocenters. The van der Waals surface area contributed by atoms with Gasteiger partial charge in [0.1, 0.15) is 0 Å². The summed E-state index contributed by atoms with van der Waals surface area (Å²) in [6.07, 6.45) is 0.150. The van der Waals surface area contributed by atoms with Crippen molar-refractivity contribution in [3.63, 3.8) is 0 Å². The number of aliphatic carboxylic acids is 1. The highest BCUT2D eigenvalue weighted by molar-refractivity contribution is 5.91. The quantitative estimate of drug-likeness (QED) is 0.886. The van der Waals surface area contributed by atoms with E-state index in [1.807, 2.05) is 31.2 Å². The number of aryl methyl sites for hydroxylation is 1. The van der Waals surface area contributed by atoms with Crippen LogP contribution in [0.25, 0.3) is 0 Å². The highest BCUT2D eigenvalue weighted by Crippen LogP contribution is 2.19. The van der Waals surface area contributed by atoms with E-state index in [0.29, 0.717) is 19.4 Å². The van der Waals surface area contributed by atoms with Gasteiger partial charge in [0.25, 0.3) is 0 Å². The van der Waals surface area contributed by atoms with E-state index in [0.717, 1.165) is 11.3 Å². The van der Waals surface area contributed by atoms with E-state index in [-0.39, 0.29) is 12.1 Å². The Kier molecular flexibility index (Phi) is 4.80. The summed E-state index contributed by atoms with van der Waals surface area (Å²) >= 11 is 0. The number of amides is 2. The minimum atomic E-state index is -0.944. The molecule has 2 N–H and O–H groups in total. The molecule has 2 amide bonds. The summed E-state index contributed by atoms with van der Waals surface area (Å²) in [6.45, 7) is 2.28. The molecule has 0 saturated carbocycles. The first-order chi connectivity index (χ1) is 9.97. The number of carboxylic acids is 1. The number of rotatable bonds is 4. The van der Waals surface area contributed by atoms with Gasteiger partial charge in [-0.15, -0.1) is 0 Å². The Balaban J connectivity index is 1.83. The molecule has 0 aliphatic carbocycles. The van der Waals surface area contributed by atoms with E-state index in [1.165, 1.54) is 4.90 Å². The molecule has 114 valence electrons. The van der Waals surface area contributed by atoms with Crippen molar-refractivity contribution < 1.29 is 19.4 Å². The summed E-state index contributed by atoms with van der Waals surface area (Å²) < 4.78 is 5.35. The van der Waals surface area contributed by atoms with Crippen molar-refractivity contribution in [2.75, 3.05) is 18.5 Å². The van der Waals surface area contributed by atoms with Gasteiger partial charge in [0, 0.05) is 19.3 Å². The molecular weight excluding hydrogens is 272 g/mol. The van der Waals surface area contributed by atoms with E-state index in [4.69, 9.17) is 9.84 Å². The molecule has 0 radical (unpaired) electrons. The fourth-order valence-electron chi connectivity index (χ4n) is 2.31. The lowest BCUT2D eigenvalue weighted by atomic mass is 10.2. The highest BCUT2D eigenvalue weighted by Gasteiger charge is 2.30. The first kappa shape index (κ1) is 15.3. The minimum absolute atomic E-state index is 0.233. The molecule has 2 atom stereocenters. The molecule has 6 nitrogen and oxygen atoms in total. The van der Waals surface area contributed by atoms with Crippen LogP contribution >= 0.6 is 0 Å². The monoisotopic (exact) mass is 292 g/mol. The van der Waals surface area contributed by atoms with Crippen molar-refractivity contribution in [1.82, 2.24) is 5.32 Å². The lowest BCUT2D eigenvalue weighted by molar-refractivity contribution is -0.149. The lowest BCUT2D eigenvalue weighted by Gasteiger charge is -2.20. The number of carbonyl (C=O) groups is 2. The molecule has 1 heterocycles. The Hall–Kier alpha value is -2.08. The van der Waals surface area contributed by atoms with Crippen LogP contribution in [0, 0.1) is 6.92 Å². The van der Waals surface area contributed by atoms with Crippen molar-refractivity contribution in [3.8, 4) is 0 Å². The summed E-state index contributed by atoms with van der Waals surface area (Å²) in [6, 6.07) is 7.41. The largest absolute Gasteiger partial charge is 0.479 e. The first-order valence-corrected chi connectivity index (χ1v) is 6.94. The standard InChI is InChI=1S/C15H20N2O4/c1-10-4-3-5-11(8-10)17(2)15(20)16-9-12-6-7-13(21-12)14(18)19/h3-5,8,12-13H,6-7,9H2,1-2H3,(H,16,20)(H,18,19). The summed E-state index contributed by atoms with van der Waals surface area (Å²) in [5.74, 6) is -0.944. The third-order valence-corrected chi connectivity index (χ3v) is 3.56. The van der Waals surface area contributed by atoms with Crippen LogP contribution in [0.4, 0.5) is 10.5 Å². The summed E-state index contributed by atoms with van der Waals surface area (Å²) in [5.41, 5.74) is 1.89. The van der Waals surface area contributed by atoms with Gasteiger partial charge < -0.3 is 15.2 Å². The summed E-state index contributed by atoms with van der Waals surface area (Å²) in [4.78, 5) is 24.4. The van der Waals surface area contributed by atoms with E-state index < -0.39 is 12.1 Å². The average molecular weight is 292 g/mol. The van der Waals surface area contributed by atoms with Gasteiger partial charge in [-0.25, -0.2) is 9.59 Å². The Morgan fingerprint density at radius 3 is 2.81 bits per heavy atom. The van der Waals surface area contributed by atoms with Gasteiger partial charge in [0.05, 0.1) is 6.10 Å². The minimum Gasteiger partial charge on any atom is -0.479 e. The van der Waals surface area contributed by atoms with Crippen molar-refractivity contribution in [1.29, 1.82) is 0 Å². The number of urea groups is 1. The Morgan fingerprint density at radius 2 is 2.19 bits per heavy atom. The Bertz CT molecular complexity index is 532. The molecule has 1 saturated heterocycles. The molecule has 1 fully saturated rings. The van der Waals surface area contributed by atoms with Crippen LogP contribution in [-0.2, 0) is 9.53 Å². The first-order valence-electron chi connectivity index (χ1n) is 6.94. The highest BCUT2D eigenvalue weighted by atomic mass is 16.5. The predicted molar refractivity (Wildman–Crippen MR) is 78.5 cm³/mol. The zero-order valence-electron chi connectivity index (χ0n) is 12.2. The molecular formula is C15H20N2O4. The molecule has 0 aromatic heterocycles. The SMILES string of the molecule is Cc1cccc(N(C)C(=O)NCC2CCC(C(=O)O)O2)c1. The number of nitrogens with zero attached hydrogens (tertiary/aromatic N) is 1. The molecule has 0 spiro atoms. The maximum Gasteiger partial charge on any atom is 0.332 e. The van der Waals surface area contributed by atoms with Gasteiger partial charge in [-0.1, -0.05) is 12.1 Å². The van der Waals surface area contributed by atoms with Gasteiger partial charge in [-0.2, -0.15) is 0 Å². The fourth-order valence-corrected chi connectivity index (χ4v) is 2.31. The topological polar surface area (TPSA) is 78.9 Å². The number of ether oxygens (including phenoxy) is 1. The predicted octanol–water partition coefficient (Wildman–Crippen LogP) is 1.77. The second-order valence-corrected chi connectivity index (χ2v) is 5.25. The molecule has 1 aliphatic rings. The Morgan fingerprint density at radius 1 is 1.43 bits per heavy atom. The van der Waals surface area contributed by atoms with Crippen molar-refractivity contribution in [2.45, 2.75) is 32.0 Å². The van der Waals surface area contributed by atoms with Crippen molar-refractivity contribution in [2.24, 2.45) is 0 Å². The van der Waals surface area contributed by atoms with Crippen LogP contribution < -0.4 is 10.2 Å². The van der Waals surface area contributed by atoms with E-state index >= 15 is 0 Å². The second kappa shape index (κ2) is 6.58. The number of hydrogen-bond acceptors (Lipinski definition) is 3. The molecule has 21 heavy (non-hydrogen) atoms. The van der Waals surface area contributed by atoms with Crippen LogP contribution in [0.15, 0.2) is 24.3 Å². The van der Waals surface area contributed by atoms with Crippen LogP contribution in [-0.4, -0.2) is 42.9 Å². The van der Waals surface area contributed by atoms with Gasteiger partial charge in [0.2, 0.25) is 0 Å². The average Bonchev–Trinajstić information content (AvgIpc) is 2.93. The van der Waals surface area contributed by atoms with E-state index in [1.54, 1.807) is 7.05 Å². The van der Waals surface area contributed by atoms with Crippen LogP contribution in [0.1, 0.15) is 18.4 Å². The zero-order valence-corrected chi connectivity index (χ0v) is 12.2. The normalized spacial score (nSPS) is 21.0. The maximum absolute atomic E-state index is 12.1. The third-order valence-electron chi connectivity index (χ3n) is 3.56. The van der Waals surface area contributed by atoms with Crippen molar-refractivity contribution >= 4 is 17.7 Å². The fraction of sp³-hybridized carbons (Fsp3) is 0.467. The zero-order chi connectivity index (χ0) is 15.4. The summed E-state index contributed by atoms with van der Waals surface area (Å²) in [7, 11) is 1.69. The van der Waals surface area contributed by atoms with Crippen LogP contribution in [0.5, 0.6) is 0 Å². The van der Waals surface area contributed by atoms with Gasteiger partial charge in [0.15, 0.2) is 6.10 Å². The Labute approximate surface area is 123 Å². The third kappa shape index (κ3) is 3.95. The molecule has 1 aromatic rings. The van der Waals surface area contributed by atoms with E-state index in [9.17, 15) is 9.59 Å². The summed E-state index contributed by atoms with van der Waals surface area (Å²) in [5, 5.41) is 11.6. The van der Waals surface area contributed by atoms with E-state index in [2.05, 4.69) is 5.32 Å². The van der Waals surface area contributed by atoms with Crippen LogP contribution in [0.3, 0.4) is 0 Å². The number of carboxylic acid groups (broad SMARTS) is 1. The molecule has 1 aliphatic heterocycles. The molecule has 2 rings (SSSR count). The van der Waals surface area contributed by atoms with Crippen molar-refractivity contribution in [3.05, 3.63) is 29.8 Å². The van der Waals surface area contributed by atoms with Gasteiger partial charge in [-0.3, -0.25) is 4.90 Å². The maximum atomic E-state index is 12.1. The molecule has 1 aromatic carbocycles. The molecule has 0 bridgehead atoms. The lowest BCUT2D eigenvalue weighted by Crippen LogP contribution is -2.41. The number of nitrogens with one attached hydrogen (secondary N) is 1. The number of benzene rings is 1. The number of anilines is 1. The second-order valence-electron chi connectivity index (χ2n) is 5.25. The molecule has 6 heteroatoms. The van der Waals surface area contributed by atoms with Gasteiger partial charge in [-0.05, 0) is 37.5 Å². The smallest absolute Gasteiger partial charge is 0.332 e. The van der Waals surface area contributed by atoms with Crippen LogP contribution in [0.2, 0.25) is 0 Å². The number of carbonyl (C=O) groups excluding carboxylic acids is 1. The number of hydrogen-bond donors (Lipinski definition) is 2.